The van der Waals surface area contributed by atoms with Crippen LogP contribution in [0.1, 0.15) is 18.1 Å². The van der Waals surface area contributed by atoms with Crippen molar-refractivity contribution < 1.29 is 78.9 Å². The van der Waals surface area contributed by atoms with Gasteiger partial charge in [0.2, 0.25) is 0 Å². The van der Waals surface area contributed by atoms with Crippen molar-refractivity contribution in [3.8, 4) is 23.0 Å². The van der Waals surface area contributed by atoms with E-state index < -0.39 is 86.2 Å². The van der Waals surface area contributed by atoms with Crippen molar-refractivity contribution in [2.24, 2.45) is 0 Å². The topological polar surface area (TPSA) is 251 Å². The van der Waals surface area contributed by atoms with Crippen LogP contribution in [-0.2, 0) is 44.4 Å². The first-order chi connectivity index (χ1) is 21.8. The molecule has 0 radical (unpaired) electrons. The summed E-state index contributed by atoms with van der Waals surface area (Å²) in [5, 5.41) is 80.0. The molecule has 252 valence electrons. The van der Waals surface area contributed by atoms with Crippen LogP contribution in [0.5, 0.6) is 23.0 Å². The minimum Gasteiger partial charge on any atom is -0.504 e. The summed E-state index contributed by atoms with van der Waals surface area (Å²) in [6, 6.07) is 8.01. The molecular weight excluding hydrogens is 616 g/mol. The summed E-state index contributed by atoms with van der Waals surface area (Å²) in [5.41, 5.74) is 0.932. The molecule has 0 bridgehead atoms. The summed E-state index contributed by atoms with van der Waals surface area (Å²) in [5.74, 6) is -3.11. The second kappa shape index (κ2) is 15.5. The Kier molecular flexibility index (Phi) is 11.8. The van der Waals surface area contributed by atoms with Gasteiger partial charge in [-0.1, -0.05) is 12.1 Å². The van der Waals surface area contributed by atoms with Crippen molar-refractivity contribution in [1.82, 2.24) is 0 Å². The Labute approximate surface area is 262 Å². The number of aliphatic hydroxyl groups excluding tert-OH is 4. The third-order valence-corrected chi connectivity index (χ3v) is 7.18. The lowest BCUT2D eigenvalue weighted by Gasteiger charge is -2.45. The zero-order chi connectivity index (χ0) is 33.5. The summed E-state index contributed by atoms with van der Waals surface area (Å²) >= 11 is 0. The fourth-order valence-corrected chi connectivity index (χ4v) is 4.73. The van der Waals surface area contributed by atoms with E-state index in [1.54, 1.807) is 0 Å². The van der Waals surface area contributed by atoms with Gasteiger partial charge in [-0.25, -0.2) is 4.79 Å². The molecule has 16 nitrogen and oxygen atoms in total. The maximum Gasteiger partial charge on any atom is 0.330 e. The highest BCUT2D eigenvalue weighted by molar-refractivity contribution is 5.87. The molecule has 0 aliphatic carbocycles. The first-order valence-corrected chi connectivity index (χ1v) is 14.1. The number of benzene rings is 2. The van der Waals surface area contributed by atoms with Crippen molar-refractivity contribution in [2.45, 2.75) is 68.7 Å². The Hall–Kier alpha value is -4.00. The molecule has 2 aliphatic rings. The third-order valence-electron chi connectivity index (χ3n) is 7.18. The number of phenols is 4. The molecule has 2 aromatic rings. The fraction of sp³-hybridized carbons (Fsp3) is 0.467. The molecule has 2 fully saturated rings. The highest BCUT2D eigenvalue weighted by atomic mass is 16.7. The van der Waals surface area contributed by atoms with E-state index in [4.69, 9.17) is 28.4 Å². The number of hydrogen-bond donors (Lipinski definition) is 8. The molecule has 16 heteroatoms. The second-order valence-corrected chi connectivity index (χ2v) is 10.6. The van der Waals surface area contributed by atoms with E-state index in [2.05, 4.69) is 0 Å². The smallest absolute Gasteiger partial charge is 0.330 e. The van der Waals surface area contributed by atoms with Crippen molar-refractivity contribution in [2.75, 3.05) is 19.8 Å². The number of phenolic OH excluding ortho intramolecular Hbond substituents is 4. The predicted octanol–water partition coefficient (Wildman–Crippen LogP) is -0.834. The molecule has 4 rings (SSSR count). The first kappa shape index (κ1) is 34.9. The average molecular weight is 653 g/mol. The normalized spacial score (nSPS) is 29.8. The molecule has 2 aromatic carbocycles. The SMILES string of the molecule is CC(=O)O[C@H]1[C@H](OCCc2ccc(O)c(O)c2)O[C@H](COC(=O)C=Cc2ccc(O)c(O)c2)[C@@H](O)[C@@H]1O[C@@H]1OC[C@@H](O)[C@H](O)[C@H]1O. The van der Waals surface area contributed by atoms with Gasteiger partial charge in [0, 0.05) is 13.0 Å². The summed E-state index contributed by atoms with van der Waals surface area (Å²) in [6.07, 6.45) is -11.4. The van der Waals surface area contributed by atoms with Crippen LogP contribution < -0.4 is 0 Å². The molecular formula is C30H36O16. The van der Waals surface area contributed by atoms with Gasteiger partial charge in [-0.05, 0) is 47.9 Å². The summed E-state index contributed by atoms with van der Waals surface area (Å²) in [4.78, 5) is 24.5. The van der Waals surface area contributed by atoms with Crippen LogP contribution in [0.15, 0.2) is 42.5 Å². The zero-order valence-corrected chi connectivity index (χ0v) is 24.5. The van der Waals surface area contributed by atoms with Gasteiger partial charge in [-0.15, -0.1) is 0 Å². The van der Waals surface area contributed by atoms with Crippen LogP contribution in [0.3, 0.4) is 0 Å². The molecule has 0 unspecified atom stereocenters. The summed E-state index contributed by atoms with van der Waals surface area (Å²) in [7, 11) is 0. The van der Waals surface area contributed by atoms with Gasteiger partial charge in [0.05, 0.1) is 13.2 Å². The number of rotatable bonds is 11. The predicted molar refractivity (Wildman–Crippen MR) is 152 cm³/mol. The fourth-order valence-electron chi connectivity index (χ4n) is 4.73. The molecule has 2 saturated heterocycles. The number of carbonyl (C=O) groups is 2. The maximum absolute atomic E-state index is 12.5. The zero-order valence-electron chi connectivity index (χ0n) is 24.5. The van der Waals surface area contributed by atoms with Gasteiger partial charge < -0.3 is 69.3 Å². The number of aliphatic hydroxyl groups is 4. The van der Waals surface area contributed by atoms with Crippen molar-refractivity contribution >= 4 is 18.0 Å². The van der Waals surface area contributed by atoms with Gasteiger partial charge in [-0.3, -0.25) is 4.79 Å². The number of ether oxygens (including phenoxy) is 6. The Morgan fingerprint density at radius 1 is 0.870 bits per heavy atom. The number of hydrogen-bond acceptors (Lipinski definition) is 16. The average Bonchev–Trinajstić information content (AvgIpc) is 3.01. The standard InChI is InChI=1S/C30H36O16/c1-14(31)44-28-27(46-29-26(40)24(38)21(36)12-43-29)25(39)22(13-42-23(37)7-4-15-2-5-17(32)19(34)10-15)45-30(28)41-9-8-16-3-6-18(33)20(35)11-16/h2-7,10-11,21-22,24-30,32-36,38-40H,8-9,12-13H2,1H3/t21-,22-,24+,25-,26-,27+,28-,29+,30-/m1/s1. The Morgan fingerprint density at radius 2 is 1.57 bits per heavy atom. The Balaban J connectivity index is 1.51. The quantitative estimate of drug-likeness (QED) is 0.0837. The van der Waals surface area contributed by atoms with E-state index in [9.17, 15) is 50.4 Å². The Morgan fingerprint density at radius 3 is 2.24 bits per heavy atom. The molecule has 0 spiro atoms. The van der Waals surface area contributed by atoms with Crippen LogP contribution in [0, 0.1) is 0 Å². The molecule has 8 N–H and O–H groups in total. The van der Waals surface area contributed by atoms with Gasteiger partial charge in [0.1, 0.15) is 43.2 Å². The molecule has 0 amide bonds. The molecule has 46 heavy (non-hydrogen) atoms. The summed E-state index contributed by atoms with van der Waals surface area (Å²) in [6.45, 7) is -0.0115. The molecule has 2 aliphatic heterocycles. The molecule has 2 heterocycles. The molecule has 0 saturated carbocycles. The van der Waals surface area contributed by atoms with Gasteiger partial charge in [0.25, 0.3) is 0 Å². The lowest BCUT2D eigenvalue weighted by molar-refractivity contribution is -0.349. The van der Waals surface area contributed by atoms with Crippen molar-refractivity contribution in [3.63, 3.8) is 0 Å². The van der Waals surface area contributed by atoms with Crippen molar-refractivity contribution in [1.29, 1.82) is 0 Å². The van der Waals surface area contributed by atoms with Gasteiger partial charge in [-0.2, -0.15) is 0 Å². The minimum absolute atomic E-state index is 0.0996. The molecule has 9 atom stereocenters. The highest BCUT2D eigenvalue weighted by Crippen LogP contribution is 2.31. The lowest BCUT2D eigenvalue weighted by Crippen LogP contribution is -2.64. The minimum atomic E-state index is -1.76. The van der Waals surface area contributed by atoms with Crippen LogP contribution in [-0.4, -0.2) is 128 Å². The Bertz CT molecular complexity index is 1380. The van der Waals surface area contributed by atoms with E-state index >= 15 is 0 Å². The van der Waals surface area contributed by atoms with Crippen molar-refractivity contribution in [3.05, 3.63) is 53.6 Å². The first-order valence-electron chi connectivity index (χ1n) is 14.1. The van der Waals surface area contributed by atoms with Crippen LogP contribution in [0.4, 0.5) is 0 Å². The van der Waals surface area contributed by atoms with Gasteiger partial charge in [0.15, 0.2) is 41.7 Å². The highest BCUT2D eigenvalue weighted by Gasteiger charge is 2.52. The largest absolute Gasteiger partial charge is 0.504 e. The maximum atomic E-state index is 12.5. The molecule has 0 aromatic heterocycles. The number of aromatic hydroxyl groups is 4. The number of esters is 2. The van der Waals surface area contributed by atoms with E-state index in [0.29, 0.717) is 11.1 Å². The monoisotopic (exact) mass is 652 g/mol. The van der Waals surface area contributed by atoms with Crippen LogP contribution in [0.25, 0.3) is 6.08 Å². The van der Waals surface area contributed by atoms with Crippen LogP contribution in [0.2, 0.25) is 0 Å². The van der Waals surface area contributed by atoms with E-state index in [1.165, 1.54) is 42.5 Å². The van der Waals surface area contributed by atoms with E-state index in [-0.39, 0.29) is 30.3 Å². The number of carbonyl (C=O) groups excluding carboxylic acids is 2. The van der Waals surface area contributed by atoms with E-state index in [1.807, 2.05) is 0 Å². The van der Waals surface area contributed by atoms with Crippen LogP contribution >= 0.6 is 0 Å². The van der Waals surface area contributed by atoms with E-state index in [0.717, 1.165) is 13.0 Å². The summed E-state index contributed by atoms with van der Waals surface area (Å²) < 4.78 is 33.4. The van der Waals surface area contributed by atoms with Gasteiger partial charge >= 0.3 is 11.9 Å². The third kappa shape index (κ3) is 8.83. The second-order valence-electron chi connectivity index (χ2n) is 10.6. The lowest BCUT2D eigenvalue weighted by atomic mass is 9.98.